The Bertz CT molecular complexity index is 1430. The summed E-state index contributed by atoms with van der Waals surface area (Å²) in [4.78, 5) is 2.55. The summed E-state index contributed by atoms with van der Waals surface area (Å²) in [5.74, 6) is 2.46. The maximum atomic E-state index is 6.45. The van der Waals surface area contributed by atoms with Crippen molar-refractivity contribution in [3.8, 4) is 11.5 Å². The van der Waals surface area contributed by atoms with Gasteiger partial charge in [0.05, 0.1) is 26.4 Å². The number of ether oxygens (including phenoxy) is 3. The van der Waals surface area contributed by atoms with Crippen molar-refractivity contribution in [1.82, 2.24) is 4.90 Å². The number of nitrogens with zero attached hydrogens (tertiary/aromatic N) is 1. The molecule has 0 spiro atoms. The van der Waals surface area contributed by atoms with Gasteiger partial charge in [-0.05, 0) is 66.3 Å². The molecule has 4 heteroatoms. The van der Waals surface area contributed by atoms with E-state index in [-0.39, 0.29) is 11.8 Å². The number of hydrogen-bond donors (Lipinski definition) is 0. The Balaban J connectivity index is 0.982. The summed E-state index contributed by atoms with van der Waals surface area (Å²) in [6.07, 6.45) is 11.3. The predicted molar refractivity (Wildman–Crippen MR) is 188 cm³/mol. The van der Waals surface area contributed by atoms with Crippen LogP contribution >= 0.6 is 0 Å². The van der Waals surface area contributed by atoms with E-state index in [0.29, 0.717) is 6.61 Å². The van der Waals surface area contributed by atoms with Crippen LogP contribution in [0.4, 0.5) is 0 Å². The molecule has 0 aliphatic carbocycles. The molecule has 1 saturated heterocycles. The van der Waals surface area contributed by atoms with Gasteiger partial charge in [-0.25, -0.2) is 0 Å². The third-order valence-corrected chi connectivity index (χ3v) is 9.69. The van der Waals surface area contributed by atoms with Crippen molar-refractivity contribution in [3.63, 3.8) is 0 Å². The molecular weight excluding hydrogens is 566 g/mol. The van der Waals surface area contributed by atoms with Crippen molar-refractivity contribution in [2.24, 2.45) is 0 Å². The van der Waals surface area contributed by atoms with E-state index >= 15 is 0 Å². The number of unbranched alkanes of at least 4 members (excludes halogenated alkanes) is 7. The first-order valence-corrected chi connectivity index (χ1v) is 17.7. The Morgan fingerprint density at radius 2 is 1.30 bits per heavy atom. The zero-order valence-electron chi connectivity index (χ0n) is 27.5. The molecule has 4 aromatic carbocycles. The van der Waals surface area contributed by atoms with Crippen LogP contribution in [0.15, 0.2) is 103 Å². The summed E-state index contributed by atoms with van der Waals surface area (Å²) in [5, 5.41) is 0. The topological polar surface area (TPSA) is 30.9 Å². The molecule has 2 aliphatic rings. The second-order valence-corrected chi connectivity index (χ2v) is 13.0. The van der Waals surface area contributed by atoms with E-state index in [4.69, 9.17) is 14.2 Å². The average molecular weight is 618 g/mol. The first-order valence-electron chi connectivity index (χ1n) is 17.7. The maximum absolute atomic E-state index is 6.45. The standard InChI is InChI=1S/C42H51NO3/c1(3-5-13-25-43-26-29-44-30-27-43)2-4-6-14-28-45-38-22-20-37(21-23-38)42-39-24-19-35(31-34-15-9-7-10-16-34)32-41(39)46-33-40(42)36-17-11-8-12-18-36/h7-12,15-24,32,40,42H,1-6,13-14,25-31,33H2. The van der Waals surface area contributed by atoms with Crippen LogP contribution in [0.3, 0.4) is 0 Å². The second-order valence-electron chi connectivity index (χ2n) is 13.0. The summed E-state index contributed by atoms with van der Waals surface area (Å²) in [6.45, 7) is 6.75. The van der Waals surface area contributed by atoms with Gasteiger partial charge in [0.2, 0.25) is 0 Å². The molecule has 4 nitrogen and oxygen atoms in total. The Kier molecular flexibility index (Phi) is 12.2. The van der Waals surface area contributed by atoms with Crippen molar-refractivity contribution < 1.29 is 14.2 Å². The molecule has 2 atom stereocenters. The van der Waals surface area contributed by atoms with E-state index in [2.05, 4.69) is 108 Å². The zero-order valence-corrected chi connectivity index (χ0v) is 27.5. The molecule has 2 heterocycles. The molecular formula is C42H51NO3. The monoisotopic (exact) mass is 617 g/mol. The van der Waals surface area contributed by atoms with Crippen molar-refractivity contribution >= 4 is 0 Å². The van der Waals surface area contributed by atoms with Gasteiger partial charge in [0.15, 0.2) is 0 Å². The molecule has 0 saturated carbocycles. The van der Waals surface area contributed by atoms with Crippen LogP contribution in [-0.2, 0) is 11.2 Å². The molecule has 1 fully saturated rings. The van der Waals surface area contributed by atoms with Gasteiger partial charge in [0, 0.05) is 30.5 Å². The highest BCUT2D eigenvalue weighted by Crippen LogP contribution is 2.46. The van der Waals surface area contributed by atoms with E-state index in [1.165, 1.54) is 79.3 Å². The fourth-order valence-corrected chi connectivity index (χ4v) is 7.08. The third kappa shape index (κ3) is 9.24. The van der Waals surface area contributed by atoms with Gasteiger partial charge in [-0.3, -0.25) is 4.90 Å². The van der Waals surface area contributed by atoms with E-state index in [0.717, 1.165) is 57.3 Å². The Labute approximate surface area is 276 Å². The lowest BCUT2D eigenvalue weighted by Gasteiger charge is -2.35. The van der Waals surface area contributed by atoms with Gasteiger partial charge in [0.25, 0.3) is 0 Å². The van der Waals surface area contributed by atoms with Crippen LogP contribution in [0.2, 0.25) is 0 Å². The Morgan fingerprint density at radius 1 is 0.630 bits per heavy atom. The minimum Gasteiger partial charge on any atom is -0.494 e. The molecule has 2 aliphatic heterocycles. The highest BCUT2D eigenvalue weighted by molar-refractivity contribution is 5.50. The summed E-state index contributed by atoms with van der Waals surface area (Å²) in [7, 11) is 0. The average Bonchev–Trinajstić information content (AvgIpc) is 3.11. The molecule has 0 amide bonds. The number of benzene rings is 4. The Morgan fingerprint density at radius 3 is 2.04 bits per heavy atom. The lowest BCUT2D eigenvalue weighted by atomic mass is 9.75. The van der Waals surface area contributed by atoms with E-state index in [1.807, 2.05) is 0 Å². The smallest absolute Gasteiger partial charge is 0.123 e. The molecule has 242 valence electrons. The number of hydrogen-bond acceptors (Lipinski definition) is 4. The van der Waals surface area contributed by atoms with Gasteiger partial charge >= 0.3 is 0 Å². The zero-order chi connectivity index (χ0) is 31.2. The number of fused-ring (bicyclic) bond motifs is 1. The lowest BCUT2D eigenvalue weighted by molar-refractivity contribution is 0.0371. The van der Waals surface area contributed by atoms with Gasteiger partial charge in [-0.15, -0.1) is 0 Å². The molecule has 46 heavy (non-hydrogen) atoms. The van der Waals surface area contributed by atoms with Crippen molar-refractivity contribution in [2.75, 3.05) is 46.1 Å². The van der Waals surface area contributed by atoms with Crippen LogP contribution in [0.1, 0.15) is 91.0 Å². The lowest BCUT2D eigenvalue weighted by Crippen LogP contribution is -2.36. The van der Waals surface area contributed by atoms with E-state index in [9.17, 15) is 0 Å². The van der Waals surface area contributed by atoms with Crippen LogP contribution in [0, 0.1) is 0 Å². The molecule has 2 unspecified atom stereocenters. The highest BCUT2D eigenvalue weighted by Gasteiger charge is 2.33. The van der Waals surface area contributed by atoms with Gasteiger partial charge < -0.3 is 14.2 Å². The van der Waals surface area contributed by atoms with Gasteiger partial charge in [-0.1, -0.05) is 123 Å². The van der Waals surface area contributed by atoms with Crippen LogP contribution in [0.5, 0.6) is 11.5 Å². The van der Waals surface area contributed by atoms with Crippen LogP contribution in [0.25, 0.3) is 0 Å². The fourth-order valence-electron chi connectivity index (χ4n) is 7.08. The fraction of sp³-hybridized carbons (Fsp3) is 0.429. The molecule has 4 aromatic rings. The predicted octanol–water partition coefficient (Wildman–Crippen LogP) is 9.42. The van der Waals surface area contributed by atoms with Crippen molar-refractivity contribution in [2.45, 2.75) is 69.6 Å². The molecule has 6 rings (SSSR count). The van der Waals surface area contributed by atoms with E-state index < -0.39 is 0 Å². The number of rotatable bonds is 16. The third-order valence-electron chi connectivity index (χ3n) is 9.69. The quantitative estimate of drug-likeness (QED) is 0.117. The van der Waals surface area contributed by atoms with Crippen LogP contribution < -0.4 is 9.47 Å². The van der Waals surface area contributed by atoms with Crippen molar-refractivity contribution in [1.29, 1.82) is 0 Å². The van der Waals surface area contributed by atoms with E-state index in [1.54, 1.807) is 0 Å². The maximum Gasteiger partial charge on any atom is 0.123 e. The SMILES string of the molecule is c1ccc(Cc2ccc3c(c2)OCC(c2ccccc2)C3c2ccc(OCCCCCCCCCCN3CCOCC3)cc2)cc1. The largest absolute Gasteiger partial charge is 0.494 e. The highest BCUT2D eigenvalue weighted by atomic mass is 16.5. The number of morpholine rings is 1. The first-order chi connectivity index (χ1) is 22.8. The minimum absolute atomic E-state index is 0.227. The first kappa shape index (κ1) is 32.3. The van der Waals surface area contributed by atoms with Gasteiger partial charge in [0.1, 0.15) is 11.5 Å². The van der Waals surface area contributed by atoms with Gasteiger partial charge in [-0.2, -0.15) is 0 Å². The summed E-state index contributed by atoms with van der Waals surface area (Å²) >= 11 is 0. The summed E-state index contributed by atoms with van der Waals surface area (Å²) in [6, 6.07) is 37.2. The molecule has 0 bridgehead atoms. The normalized spacial score (nSPS) is 18.1. The summed E-state index contributed by atoms with van der Waals surface area (Å²) in [5.41, 5.74) is 6.50. The van der Waals surface area contributed by atoms with Crippen LogP contribution in [-0.4, -0.2) is 51.0 Å². The Hall–Kier alpha value is -3.60. The summed E-state index contributed by atoms with van der Waals surface area (Å²) < 4.78 is 18.1. The second kappa shape index (κ2) is 17.4. The minimum atomic E-state index is 0.227. The van der Waals surface area contributed by atoms with Crippen molar-refractivity contribution in [3.05, 3.63) is 131 Å². The molecule has 0 N–H and O–H groups in total. The molecule has 0 aromatic heterocycles. The molecule has 0 radical (unpaired) electrons.